The van der Waals surface area contributed by atoms with Gasteiger partial charge in [-0.05, 0) is 76.5 Å². The molecule has 3 N–H and O–H groups in total. The Labute approximate surface area is 196 Å². The number of hydrogen-bond donors (Lipinski definition) is 3. The molecule has 1 fully saturated rings. The van der Waals surface area contributed by atoms with Gasteiger partial charge in [0.25, 0.3) is 5.56 Å². The van der Waals surface area contributed by atoms with E-state index in [0.717, 1.165) is 43.3 Å². The summed E-state index contributed by atoms with van der Waals surface area (Å²) >= 11 is 0. The number of pyridine rings is 2. The molecule has 0 unspecified atom stereocenters. The molecule has 0 atom stereocenters. The van der Waals surface area contributed by atoms with Crippen LogP contribution in [0.25, 0.3) is 10.8 Å². The topological polar surface area (TPSA) is 73.0 Å². The van der Waals surface area contributed by atoms with E-state index >= 15 is 0 Å². The van der Waals surface area contributed by atoms with Crippen LogP contribution in [0.5, 0.6) is 0 Å². The fraction of sp³-hybridized carbons (Fsp3) is 0.440. The molecule has 0 radical (unpaired) electrons. The van der Waals surface area contributed by atoms with Gasteiger partial charge in [0.05, 0.1) is 5.56 Å². The predicted octanol–water partition coefficient (Wildman–Crippen LogP) is 4.75. The number of aryl methyl sites for hydroxylation is 2. The lowest BCUT2D eigenvalue weighted by molar-refractivity contribution is -0.137. The van der Waals surface area contributed by atoms with Gasteiger partial charge in [0.15, 0.2) is 0 Å². The van der Waals surface area contributed by atoms with Crippen molar-refractivity contribution in [3.8, 4) is 0 Å². The zero-order valence-corrected chi connectivity index (χ0v) is 19.6. The maximum atomic E-state index is 13.9. The molecular weight excluding hydrogens is 443 g/mol. The molecule has 1 aliphatic rings. The van der Waals surface area contributed by atoms with E-state index in [1.807, 2.05) is 19.9 Å². The summed E-state index contributed by atoms with van der Waals surface area (Å²) in [5, 5.41) is 7.54. The highest BCUT2D eigenvalue weighted by Crippen LogP contribution is 2.39. The Hall–Kier alpha value is -3.07. The monoisotopic (exact) mass is 473 g/mol. The quantitative estimate of drug-likeness (QED) is 0.482. The average molecular weight is 474 g/mol. The molecule has 0 bridgehead atoms. The third-order valence-electron chi connectivity index (χ3n) is 6.51. The molecule has 6 nitrogen and oxygen atoms in total. The molecule has 0 spiro atoms. The van der Waals surface area contributed by atoms with Crippen molar-refractivity contribution < 1.29 is 13.2 Å². The van der Waals surface area contributed by atoms with Crippen molar-refractivity contribution in [2.75, 3.05) is 29.9 Å². The maximum Gasteiger partial charge on any atom is 0.416 e. The van der Waals surface area contributed by atoms with E-state index in [-0.39, 0.29) is 18.1 Å². The van der Waals surface area contributed by atoms with Crippen LogP contribution in [-0.2, 0) is 12.7 Å². The number of alkyl halides is 3. The molecular formula is C25H30F3N5O. The first-order chi connectivity index (χ1) is 16.2. The Morgan fingerprint density at radius 1 is 1.15 bits per heavy atom. The van der Waals surface area contributed by atoms with Crippen LogP contribution < -0.4 is 21.1 Å². The van der Waals surface area contributed by atoms with Crippen LogP contribution in [0.2, 0.25) is 0 Å². The third kappa shape index (κ3) is 4.89. The first-order valence-corrected chi connectivity index (χ1v) is 11.6. The van der Waals surface area contributed by atoms with Gasteiger partial charge >= 0.3 is 6.18 Å². The normalized spacial score (nSPS) is 15.0. The number of hydrogen-bond acceptors (Lipinski definition) is 5. The van der Waals surface area contributed by atoms with Crippen molar-refractivity contribution >= 4 is 22.3 Å². The number of nitrogens with zero attached hydrogens (tertiary/aromatic N) is 2. The van der Waals surface area contributed by atoms with Crippen LogP contribution >= 0.6 is 0 Å². The summed E-state index contributed by atoms with van der Waals surface area (Å²) < 4.78 is 41.8. The summed E-state index contributed by atoms with van der Waals surface area (Å²) in [7, 11) is 0. The molecule has 0 aliphatic carbocycles. The third-order valence-corrected chi connectivity index (χ3v) is 6.51. The number of aromatic nitrogens is 2. The first-order valence-electron chi connectivity index (χ1n) is 11.6. The van der Waals surface area contributed by atoms with Crippen LogP contribution in [0.4, 0.5) is 24.7 Å². The SMILES string of the molecule is CCN(c1cc(C(F)(F)F)cc2c(NCc3c(C)cc(C)[nH]c3=O)nccc12)C1CCNCC1. The summed E-state index contributed by atoms with van der Waals surface area (Å²) in [5.74, 6) is 0.325. The van der Waals surface area contributed by atoms with Crippen LogP contribution in [0.3, 0.4) is 0 Å². The lowest BCUT2D eigenvalue weighted by Gasteiger charge is -2.36. The highest BCUT2D eigenvalue weighted by atomic mass is 19.4. The van der Waals surface area contributed by atoms with E-state index in [4.69, 9.17) is 0 Å². The number of rotatable bonds is 6. The van der Waals surface area contributed by atoms with E-state index in [0.29, 0.717) is 34.4 Å². The van der Waals surface area contributed by atoms with Gasteiger partial charge in [0.1, 0.15) is 5.82 Å². The molecule has 1 aromatic carbocycles. The van der Waals surface area contributed by atoms with E-state index in [2.05, 4.69) is 25.5 Å². The second kappa shape index (κ2) is 9.66. The number of H-pyrrole nitrogens is 1. The van der Waals surface area contributed by atoms with Crippen molar-refractivity contribution in [2.24, 2.45) is 0 Å². The molecule has 3 aromatic rings. The van der Waals surface area contributed by atoms with E-state index in [1.165, 1.54) is 6.07 Å². The van der Waals surface area contributed by atoms with Gasteiger partial charge in [0.2, 0.25) is 0 Å². The molecule has 9 heteroatoms. The van der Waals surface area contributed by atoms with E-state index < -0.39 is 11.7 Å². The highest BCUT2D eigenvalue weighted by Gasteiger charge is 2.33. The fourth-order valence-corrected chi connectivity index (χ4v) is 4.82. The summed E-state index contributed by atoms with van der Waals surface area (Å²) in [6.45, 7) is 8.07. The Bertz CT molecular complexity index is 1230. The number of halogens is 3. The lowest BCUT2D eigenvalue weighted by Crippen LogP contribution is -2.43. The molecule has 1 saturated heterocycles. The van der Waals surface area contributed by atoms with E-state index in [1.54, 1.807) is 19.2 Å². The van der Waals surface area contributed by atoms with Crippen molar-refractivity contribution in [1.82, 2.24) is 15.3 Å². The summed E-state index contributed by atoms with van der Waals surface area (Å²) in [4.78, 5) is 21.6. The zero-order valence-electron chi connectivity index (χ0n) is 19.6. The number of fused-ring (bicyclic) bond motifs is 1. The van der Waals surface area contributed by atoms with Gasteiger partial charge in [-0.3, -0.25) is 4.79 Å². The Morgan fingerprint density at radius 2 is 1.88 bits per heavy atom. The van der Waals surface area contributed by atoms with Gasteiger partial charge in [-0.15, -0.1) is 0 Å². The smallest absolute Gasteiger partial charge is 0.368 e. The van der Waals surface area contributed by atoms with Gasteiger partial charge in [0, 0.05) is 53.0 Å². The minimum Gasteiger partial charge on any atom is -0.368 e. The molecule has 182 valence electrons. The van der Waals surface area contributed by atoms with Crippen LogP contribution in [0.15, 0.2) is 35.3 Å². The minimum absolute atomic E-state index is 0.158. The van der Waals surface area contributed by atoms with Crippen molar-refractivity contribution in [1.29, 1.82) is 0 Å². The minimum atomic E-state index is -4.49. The Morgan fingerprint density at radius 3 is 2.53 bits per heavy atom. The molecule has 0 saturated carbocycles. The molecule has 1 aliphatic heterocycles. The molecule has 3 heterocycles. The van der Waals surface area contributed by atoms with Gasteiger partial charge in [-0.25, -0.2) is 4.98 Å². The maximum absolute atomic E-state index is 13.9. The fourth-order valence-electron chi connectivity index (χ4n) is 4.82. The lowest BCUT2D eigenvalue weighted by atomic mass is 9.99. The largest absolute Gasteiger partial charge is 0.416 e. The second-order valence-corrected chi connectivity index (χ2v) is 8.81. The van der Waals surface area contributed by atoms with Crippen molar-refractivity contribution in [3.05, 3.63) is 63.2 Å². The molecule has 4 rings (SSSR count). The standard InChI is InChI=1S/C25H30F3N5O/c1-4-33(18-5-8-29-9-6-18)22-13-17(25(26,27)28)12-20-19(22)7-10-30-23(20)31-14-21-15(2)11-16(3)32-24(21)34/h7,10-13,18,29H,4-6,8-9,14H2,1-3H3,(H,30,31)(H,32,34). The summed E-state index contributed by atoms with van der Waals surface area (Å²) in [5.41, 5.74) is 1.74. The molecule has 0 amide bonds. The number of aromatic amines is 1. The predicted molar refractivity (Wildman–Crippen MR) is 130 cm³/mol. The Balaban J connectivity index is 1.80. The van der Waals surface area contributed by atoms with Crippen LogP contribution in [0.1, 0.15) is 42.1 Å². The van der Waals surface area contributed by atoms with Crippen LogP contribution in [-0.4, -0.2) is 35.6 Å². The van der Waals surface area contributed by atoms with Crippen LogP contribution in [0, 0.1) is 13.8 Å². The van der Waals surface area contributed by atoms with E-state index in [9.17, 15) is 18.0 Å². The summed E-state index contributed by atoms with van der Waals surface area (Å²) in [6, 6.07) is 6.20. The molecule has 2 aromatic heterocycles. The van der Waals surface area contributed by atoms with Gasteiger partial charge in [-0.1, -0.05) is 0 Å². The molecule has 34 heavy (non-hydrogen) atoms. The summed E-state index contributed by atoms with van der Waals surface area (Å²) in [6.07, 6.45) is -1.15. The number of piperidine rings is 1. The zero-order chi connectivity index (χ0) is 24.5. The second-order valence-electron chi connectivity index (χ2n) is 8.81. The number of benzene rings is 1. The first kappa shape index (κ1) is 24.1. The van der Waals surface area contributed by atoms with Crippen molar-refractivity contribution in [2.45, 2.75) is 52.4 Å². The highest BCUT2D eigenvalue weighted by molar-refractivity contribution is 6.01. The van der Waals surface area contributed by atoms with Gasteiger partial charge < -0.3 is 20.5 Å². The number of nitrogens with one attached hydrogen (secondary N) is 3. The number of anilines is 2. The average Bonchev–Trinajstić information content (AvgIpc) is 2.79. The van der Waals surface area contributed by atoms with Gasteiger partial charge in [-0.2, -0.15) is 13.2 Å². The Kier molecular flexibility index (Phi) is 6.84. The van der Waals surface area contributed by atoms with Crippen molar-refractivity contribution in [3.63, 3.8) is 0 Å².